The average Bonchev–Trinajstić information content (AvgIpc) is 3.10. The van der Waals surface area contributed by atoms with Gasteiger partial charge in [-0.05, 0) is 74.7 Å². The van der Waals surface area contributed by atoms with Crippen LogP contribution < -0.4 is 10.2 Å². The lowest BCUT2D eigenvalue weighted by Crippen LogP contribution is -2.40. The van der Waals surface area contributed by atoms with E-state index in [-0.39, 0.29) is 5.91 Å². The molecule has 0 aromatic heterocycles. The molecule has 2 aromatic carbocycles. The summed E-state index contributed by atoms with van der Waals surface area (Å²) in [4.78, 5) is 17.4. The Bertz CT molecular complexity index is 1050. The van der Waals surface area contributed by atoms with Crippen molar-refractivity contribution in [3.8, 4) is 11.8 Å². The summed E-state index contributed by atoms with van der Waals surface area (Å²) in [5.74, 6) is 6.89. The number of rotatable bonds is 8. The number of carbonyl (C=O) groups is 1. The molecule has 1 N–H and O–H groups in total. The monoisotopic (exact) mass is 439 g/mol. The molecule has 0 saturated carbocycles. The molecular formula is C29H33N3O. The first-order valence-corrected chi connectivity index (χ1v) is 11.9. The van der Waals surface area contributed by atoms with Crippen LogP contribution in [0.15, 0.2) is 78.5 Å². The molecule has 1 fully saturated rings. The van der Waals surface area contributed by atoms with Gasteiger partial charge < -0.3 is 15.1 Å². The summed E-state index contributed by atoms with van der Waals surface area (Å²) in [6.07, 6.45) is 9.87. The normalized spacial score (nSPS) is 16.3. The van der Waals surface area contributed by atoms with Gasteiger partial charge in [0.1, 0.15) is 0 Å². The zero-order valence-corrected chi connectivity index (χ0v) is 19.5. The summed E-state index contributed by atoms with van der Waals surface area (Å²) in [5, 5.41) is 3.06. The lowest BCUT2D eigenvalue weighted by atomic mass is 9.93. The van der Waals surface area contributed by atoms with E-state index in [0.29, 0.717) is 12.3 Å². The van der Waals surface area contributed by atoms with Gasteiger partial charge in [-0.2, -0.15) is 0 Å². The lowest BCUT2D eigenvalue weighted by Gasteiger charge is -2.34. The molecule has 2 aromatic rings. The molecule has 170 valence electrons. The van der Waals surface area contributed by atoms with Gasteiger partial charge in [0.05, 0.1) is 0 Å². The Morgan fingerprint density at radius 2 is 1.94 bits per heavy atom. The van der Waals surface area contributed by atoms with Crippen molar-refractivity contribution >= 4 is 17.3 Å². The highest BCUT2D eigenvalue weighted by Gasteiger charge is 2.22. The fourth-order valence-electron chi connectivity index (χ4n) is 4.51. The van der Waals surface area contributed by atoms with Crippen molar-refractivity contribution in [1.82, 2.24) is 4.90 Å². The van der Waals surface area contributed by atoms with E-state index >= 15 is 0 Å². The second-order valence-corrected chi connectivity index (χ2v) is 8.89. The highest BCUT2D eigenvalue weighted by Crippen LogP contribution is 2.24. The van der Waals surface area contributed by atoms with Crippen LogP contribution in [-0.4, -0.2) is 37.0 Å². The molecule has 4 heteroatoms. The number of benzene rings is 2. The Kier molecular flexibility index (Phi) is 8.00. The molecule has 4 nitrogen and oxygen atoms in total. The van der Waals surface area contributed by atoms with Crippen LogP contribution in [0.4, 0.5) is 11.4 Å². The first-order valence-electron chi connectivity index (χ1n) is 11.9. The second kappa shape index (κ2) is 11.5. The number of amides is 1. The molecule has 2 aliphatic rings. The van der Waals surface area contributed by atoms with Crippen molar-refractivity contribution in [1.29, 1.82) is 0 Å². The van der Waals surface area contributed by atoms with Crippen molar-refractivity contribution in [2.75, 3.05) is 36.4 Å². The van der Waals surface area contributed by atoms with E-state index in [1.165, 1.54) is 5.69 Å². The Balaban J connectivity index is 1.27. The summed E-state index contributed by atoms with van der Waals surface area (Å²) in [5.41, 5.74) is 4.39. The molecule has 1 saturated heterocycles. The summed E-state index contributed by atoms with van der Waals surface area (Å²) in [6, 6.07) is 18.5. The minimum Gasteiger partial charge on any atom is -0.340 e. The smallest absolute Gasteiger partial charge is 0.224 e. The number of aryl methyl sites for hydroxylation is 1. The third-order valence-electron chi connectivity index (χ3n) is 6.33. The fourth-order valence-corrected chi connectivity index (χ4v) is 4.51. The zero-order chi connectivity index (χ0) is 22.9. The van der Waals surface area contributed by atoms with Gasteiger partial charge in [-0.1, -0.05) is 48.2 Å². The average molecular weight is 440 g/mol. The first kappa shape index (κ1) is 22.9. The minimum atomic E-state index is 0.127. The summed E-state index contributed by atoms with van der Waals surface area (Å²) >= 11 is 0. The Labute approximate surface area is 198 Å². The Morgan fingerprint density at radius 1 is 1.12 bits per heavy atom. The molecule has 4 rings (SSSR count). The molecule has 0 spiro atoms. The number of piperidine rings is 1. The van der Waals surface area contributed by atoms with Crippen molar-refractivity contribution in [2.24, 2.45) is 5.92 Å². The lowest BCUT2D eigenvalue weighted by molar-refractivity contribution is -0.117. The van der Waals surface area contributed by atoms with E-state index in [4.69, 9.17) is 0 Å². The van der Waals surface area contributed by atoms with E-state index in [1.807, 2.05) is 37.3 Å². The highest BCUT2D eigenvalue weighted by molar-refractivity contribution is 5.90. The predicted octanol–water partition coefficient (Wildman–Crippen LogP) is 5.39. The van der Waals surface area contributed by atoms with E-state index in [9.17, 15) is 4.79 Å². The standard InChI is InChI=1S/C29H33N3O/c1-24-10-9-11-26(22-24)30-29(33)23-25-16-18-31(19-17-25)20-21-32(28-14-7-4-8-15-28)27-12-5-2-3-6-13-27/h4-5,7-15,22,25H,2,16-21,23H2,1H3,(H,30,33). The molecule has 0 atom stereocenters. The molecule has 33 heavy (non-hydrogen) atoms. The van der Waals surface area contributed by atoms with Crippen molar-refractivity contribution in [2.45, 2.75) is 32.6 Å². The Morgan fingerprint density at radius 3 is 2.73 bits per heavy atom. The predicted molar refractivity (Wildman–Crippen MR) is 137 cm³/mol. The summed E-state index contributed by atoms with van der Waals surface area (Å²) < 4.78 is 0. The van der Waals surface area contributed by atoms with Crippen LogP contribution in [0.2, 0.25) is 0 Å². The number of allylic oxidation sites excluding steroid dienone is 3. The fraction of sp³-hybridized carbons (Fsp3) is 0.345. The van der Waals surface area contributed by atoms with Crippen molar-refractivity contribution < 1.29 is 4.79 Å². The highest BCUT2D eigenvalue weighted by atomic mass is 16.1. The van der Waals surface area contributed by atoms with Crippen LogP contribution in [0.5, 0.6) is 0 Å². The third kappa shape index (κ3) is 6.84. The van der Waals surface area contributed by atoms with Crippen LogP contribution in [0.25, 0.3) is 0 Å². The number of nitrogens with one attached hydrogen (secondary N) is 1. The molecular weight excluding hydrogens is 406 g/mol. The Hall–Kier alpha value is -3.29. The first-order chi connectivity index (χ1) is 16.2. The van der Waals surface area contributed by atoms with Crippen molar-refractivity contribution in [3.63, 3.8) is 0 Å². The van der Waals surface area contributed by atoms with Crippen LogP contribution in [0, 0.1) is 24.7 Å². The van der Waals surface area contributed by atoms with E-state index < -0.39 is 0 Å². The minimum absolute atomic E-state index is 0.127. The number of anilines is 2. The largest absolute Gasteiger partial charge is 0.340 e. The van der Waals surface area contributed by atoms with Crippen LogP contribution in [-0.2, 0) is 4.79 Å². The summed E-state index contributed by atoms with van der Waals surface area (Å²) in [6.45, 7) is 6.04. The van der Waals surface area contributed by atoms with Gasteiger partial charge in [-0.25, -0.2) is 0 Å². The number of carbonyl (C=O) groups excluding carboxylic acids is 1. The van der Waals surface area contributed by atoms with Gasteiger partial charge in [0.15, 0.2) is 0 Å². The van der Waals surface area contributed by atoms with Gasteiger partial charge >= 0.3 is 0 Å². The molecule has 0 bridgehead atoms. The number of nitrogens with zero attached hydrogens (tertiary/aromatic N) is 2. The van der Waals surface area contributed by atoms with Gasteiger partial charge in [0.25, 0.3) is 0 Å². The zero-order valence-electron chi connectivity index (χ0n) is 19.5. The van der Waals surface area contributed by atoms with E-state index in [2.05, 4.69) is 69.4 Å². The molecule has 0 radical (unpaired) electrons. The quantitative estimate of drug-likeness (QED) is 0.560. The van der Waals surface area contributed by atoms with Crippen molar-refractivity contribution in [3.05, 3.63) is 84.1 Å². The molecule has 1 amide bonds. The van der Waals surface area contributed by atoms with Crippen LogP contribution in [0.3, 0.4) is 0 Å². The summed E-state index contributed by atoms with van der Waals surface area (Å²) in [7, 11) is 0. The molecule has 0 unspecified atom stereocenters. The topological polar surface area (TPSA) is 35.6 Å². The number of hydrogen-bond acceptors (Lipinski definition) is 3. The molecule has 1 aliphatic carbocycles. The van der Waals surface area contributed by atoms with Gasteiger partial charge in [-0.3, -0.25) is 4.79 Å². The van der Waals surface area contributed by atoms with Gasteiger partial charge in [-0.15, -0.1) is 0 Å². The van der Waals surface area contributed by atoms with Crippen LogP contribution in [0.1, 0.15) is 31.2 Å². The van der Waals surface area contributed by atoms with E-state index in [0.717, 1.165) is 62.4 Å². The maximum absolute atomic E-state index is 12.5. The number of hydrogen-bond donors (Lipinski definition) is 1. The van der Waals surface area contributed by atoms with Gasteiger partial charge in [0, 0.05) is 49.1 Å². The maximum atomic E-state index is 12.5. The number of para-hydroxylation sites is 1. The van der Waals surface area contributed by atoms with Crippen LogP contribution >= 0.6 is 0 Å². The SMILES string of the molecule is Cc1cccc(NC(=O)CC2CCN(CCN(C3=CC#CCC=C3)c3ccccc3)CC2)c1. The maximum Gasteiger partial charge on any atom is 0.224 e. The van der Waals surface area contributed by atoms with Gasteiger partial charge in [0.2, 0.25) is 5.91 Å². The van der Waals surface area contributed by atoms with E-state index in [1.54, 1.807) is 0 Å². The third-order valence-corrected chi connectivity index (χ3v) is 6.33. The second-order valence-electron chi connectivity index (χ2n) is 8.89. The molecule has 1 heterocycles. The molecule has 1 aliphatic heterocycles. The number of likely N-dealkylation sites (tertiary alicyclic amines) is 1.